The van der Waals surface area contributed by atoms with Gasteiger partial charge in [-0.05, 0) is 32.5 Å². The van der Waals surface area contributed by atoms with E-state index in [1.54, 1.807) is 11.9 Å². The molecule has 96 valence electrons. The number of nitrogens with zero attached hydrogens (tertiary/aromatic N) is 2. The first-order valence-corrected chi connectivity index (χ1v) is 5.73. The van der Waals surface area contributed by atoms with Gasteiger partial charge in [0, 0.05) is 24.5 Å². The van der Waals surface area contributed by atoms with Crippen LogP contribution in [0.15, 0.2) is 36.2 Å². The monoisotopic (exact) mass is 242 g/mol. The van der Waals surface area contributed by atoms with Crippen molar-refractivity contribution in [2.24, 2.45) is 0 Å². The van der Waals surface area contributed by atoms with E-state index in [1.807, 2.05) is 23.3 Å². The van der Waals surface area contributed by atoms with E-state index in [-0.39, 0.29) is 6.54 Å². The average Bonchev–Trinajstić information content (AvgIpc) is 2.19. The van der Waals surface area contributed by atoms with Crippen molar-refractivity contribution in [1.29, 1.82) is 0 Å². The molecule has 0 aromatic heterocycles. The molecule has 2 nitrogen and oxygen atoms in total. The van der Waals surface area contributed by atoms with Crippen LogP contribution in [-0.2, 0) is 0 Å². The second-order valence-electron chi connectivity index (χ2n) is 4.62. The number of hydrogen-bond donors (Lipinski definition) is 0. The van der Waals surface area contributed by atoms with Gasteiger partial charge in [-0.15, -0.1) is 0 Å². The van der Waals surface area contributed by atoms with E-state index in [4.69, 9.17) is 0 Å². The van der Waals surface area contributed by atoms with Crippen LogP contribution in [-0.4, -0.2) is 42.4 Å². The molecule has 0 radical (unpaired) electrons. The number of likely N-dealkylation sites (N-methyl/N-ethyl adjacent to an activating group) is 1. The summed E-state index contributed by atoms with van der Waals surface area (Å²) in [5, 5.41) is 0. The first-order valence-electron chi connectivity index (χ1n) is 5.73. The molecule has 0 saturated carbocycles. The molecule has 1 rings (SSSR count). The second kappa shape index (κ2) is 5.96. The van der Waals surface area contributed by atoms with Gasteiger partial charge >= 0.3 is 0 Å². The third-order valence-electron chi connectivity index (χ3n) is 2.58. The predicted molar refractivity (Wildman–Crippen MR) is 66.8 cm³/mol. The van der Waals surface area contributed by atoms with Gasteiger partial charge in [-0.2, -0.15) is 0 Å². The molecule has 0 atom stereocenters. The number of rotatable bonds is 5. The van der Waals surface area contributed by atoms with Crippen LogP contribution in [0.3, 0.4) is 0 Å². The minimum absolute atomic E-state index is 0.201. The highest BCUT2D eigenvalue weighted by Gasteiger charge is 2.14. The van der Waals surface area contributed by atoms with E-state index in [9.17, 15) is 8.78 Å². The SMILES string of the molecule is C=C1C=CC(CN(C)CC(F)F)=CN1C(C)C. The quantitative estimate of drug-likeness (QED) is 0.731. The molecule has 0 N–H and O–H groups in total. The van der Waals surface area contributed by atoms with Crippen molar-refractivity contribution in [3.05, 3.63) is 36.2 Å². The zero-order chi connectivity index (χ0) is 13.0. The third-order valence-corrected chi connectivity index (χ3v) is 2.58. The van der Waals surface area contributed by atoms with Crippen molar-refractivity contribution in [3.63, 3.8) is 0 Å². The Labute approximate surface area is 102 Å². The second-order valence-corrected chi connectivity index (χ2v) is 4.62. The Morgan fingerprint density at radius 3 is 2.53 bits per heavy atom. The maximum absolute atomic E-state index is 12.2. The highest BCUT2D eigenvalue weighted by atomic mass is 19.3. The molecule has 0 aromatic carbocycles. The summed E-state index contributed by atoms with van der Waals surface area (Å²) in [6, 6.07) is 0.322. The minimum atomic E-state index is -2.29. The van der Waals surface area contributed by atoms with Crippen LogP contribution in [0.1, 0.15) is 13.8 Å². The third kappa shape index (κ3) is 4.30. The molecule has 0 unspecified atom stereocenters. The summed E-state index contributed by atoms with van der Waals surface area (Å²) < 4.78 is 24.4. The van der Waals surface area contributed by atoms with Gasteiger partial charge in [0.2, 0.25) is 0 Å². The van der Waals surface area contributed by atoms with Gasteiger partial charge in [0.25, 0.3) is 6.43 Å². The molecule has 0 bridgehead atoms. The van der Waals surface area contributed by atoms with Crippen LogP contribution < -0.4 is 0 Å². The molecule has 17 heavy (non-hydrogen) atoms. The van der Waals surface area contributed by atoms with Gasteiger partial charge in [-0.3, -0.25) is 4.90 Å². The molecule has 0 saturated heterocycles. The average molecular weight is 242 g/mol. The molecule has 1 heterocycles. The van der Waals surface area contributed by atoms with E-state index < -0.39 is 6.43 Å². The lowest BCUT2D eigenvalue weighted by atomic mass is 10.1. The van der Waals surface area contributed by atoms with Gasteiger partial charge in [0.05, 0.1) is 6.54 Å². The molecule has 1 aliphatic heterocycles. The maximum atomic E-state index is 12.2. The van der Waals surface area contributed by atoms with E-state index >= 15 is 0 Å². The summed E-state index contributed by atoms with van der Waals surface area (Å²) in [5.74, 6) is 0. The Balaban J connectivity index is 2.62. The largest absolute Gasteiger partial charge is 0.346 e. The number of allylic oxidation sites excluding steroid dienone is 1. The number of halogens is 2. The van der Waals surface area contributed by atoms with Gasteiger partial charge in [-0.1, -0.05) is 12.7 Å². The molecule has 4 heteroatoms. The van der Waals surface area contributed by atoms with Crippen molar-refractivity contribution >= 4 is 0 Å². The van der Waals surface area contributed by atoms with Crippen LogP contribution in [0, 0.1) is 0 Å². The zero-order valence-corrected chi connectivity index (χ0v) is 10.7. The first kappa shape index (κ1) is 13.9. The molecule has 0 fully saturated rings. The number of alkyl halides is 2. The van der Waals surface area contributed by atoms with E-state index in [1.165, 1.54) is 0 Å². The van der Waals surface area contributed by atoms with Crippen LogP contribution in [0.2, 0.25) is 0 Å². The van der Waals surface area contributed by atoms with E-state index in [0.29, 0.717) is 12.6 Å². The van der Waals surface area contributed by atoms with E-state index in [2.05, 4.69) is 20.4 Å². The maximum Gasteiger partial charge on any atom is 0.251 e. The Morgan fingerprint density at radius 1 is 1.35 bits per heavy atom. The summed E-state index contributed by atoms with van der Waals surface area (Å²) in [6.07, 6.45) is 3.55. The number of hydrogen-bond acceptors (Lipinski definition) is 2. The van der Waals surface area contributed by atoms with Crippen molar-refractivity contribution in [3.8, 4) is 0 Å². The smallest absolute Gasteiger partial charge is 0.251 e. The van der Waals surface area contributed by atoms with Gasteiger partial charge in [0.15, 0.2) is 0 Å². The molecule has 0 aromatic rings. The lowest BCUT2D eigenvalue weighted by molar-refractivity contribution is 0.104. The summed E-state index contributed by atoms with van der Waals surface area (Å²) in [4.78, 5) is 3.67. The van der Waals surface area contributed by atoms with Crippen molar-refractivity contribution < 1.29 is 8.78 Å². The highest BCUT2D eigenvalue weighted by molar-refractivity contribution is 5.33. The van der Waals surface area contributed by atoms with E-state index in [0.717, 1.165) is 11.3 Å². The Morgan fingerprint density at radius 2 is 2.00 bits per heavy atom. The molecular formula is C13H20F2N2. The lowest BCUT2D eigenvalue weighted by Crippen LogP contribution is -2.30. The summed E-state index contributed by atoms with van der Waals surface area (Å²) in [5.41, 5.74) is 1.95. The summed E-state index contributed by atoms with van der Waals surface area (Å²) in [7, 11) is 1.70. The van der Waals surface area contributed by atoms with Gasteiger partial charge < -0.3 is 4.90 Å². The van der Waals surface area contributed by atoms with Gasteiger partial charge in [0.1, 0.15) is 0 Å². The Hall–Kier alpha value is -1.16. The highest BCUT2D eigenvalue weighted by Crippen LogP contribution is 2.18. The lowest BCUT2D eigenvalue weighted by Gasteiger charge is -2.30. The fourth-order valence-corrected chi connectivity index (χ4v) is 1.78. The molecule has 0 aliphatic carbocycles. The summed E-state index contributed by atoms with van der Waals surface area (Å²) >= 11 is 0. The zero-order valence-electron chi connectivity index (χ0n) is 10.7. The van der Waals surface area contributed by atoms with Crippen LogP contribution in [0.4, 0.5) is 8.78 Å². The minimum Gasteiger partial charge on any atom is -0.346 e. The Kier molecular flexibility index (Phi) is 4.87. The fourth-order valence-electron chi connectivity index (χ4n) is 1.78. The fraction of sp³-hybridized carbons (Fsp3) is 0.538. The topological polar surface area (TPSA) is 6.48 Å². The molecule has 0 spiro atoms. The van der Waals surface area contributed by atoms with Crippen LogP contribution in [0.25, 0.3) is 0 Å². The summed E-state index contributed by atoms with van der Waals surface area (Å²) in [6.45, 7) is 8.41. The van der Waals surface area contributed by atoms with Crippen LogP contribution >= 0.6 is 0 Å². The van der Waals surface area contributed by atoms with Gasteiger partial charge in [-0.25, -0.2) is 8.78 Å². The Bertz CT molecular complexity index is 332. The first-order chi connectivity index (χ1) is 7.90. The standard InChI is InChI=1S/C13H20F2N2/c1-10(2)17-8-12(6-5-11(17)3)7-16(4)9-13(14)15/h5-6,8,10,13H,3,7,9H2,1-2,4H3. The van der Waals surface area contributed by atoms with Crippen molar-refractivity contribution in [2.45, 2.75) is 26.3 Å². The normalized spacial score (nSPS) is 16.4. The van der Waals surface area contributed by atoms with Crippen LogP contribution in [0.5, 0.6) is 0 Å². The molecule has 1 aliphatic rings. The van der Waals surface area contributed by atoms with Crippen molar-refractivity contribution in [1.82, 2.24) is 9.80 Å². The molecule has 0 amide bonds. The van der Waals surface area contributed by atoms with Crippen molar-refractivity contribution in [2.75, 3.05) is 20.1 Å². The predicted octanol–water partition coefficient (Wildman–Crippen LogP) is 2.86. The molecular weight excluding hydrogens is 222 g/mol.